The maximum atomic E-state index is 6.05. The Hall–Kier alpha value is -2.60. The van der Waals surface area contributed by atoms with E-state index in [1.807, 2.05) is 16.6 Å². The average Bonchev–Trinajstić information content (AvgIpc) is 3.24. The fourth-order valence-corrected chi connectivity index (χ4v) is 3.49. The number of hydrogen-bond donors (Lipinski definition) is 2. The molecule has 4 rings (SSSR count). The number of nitrogens with two attached hydrogens (primary N) is 1. The van der Waals surface area contributed by atoms with Crippen LogP contribution in [-0.4, -0.2) is 33.7 Å². The number of anilines is 2. The Bertz CT molecular complexity index is 844. The van der Waals surface area contributed by atoms with Gasteiger partial charge in [-0.2, -0.15) is 9.61 Å². The van der Waals surface area contributed by atoms with E-state index in [9.17, 15) is 0 Å². The van der Waals surface area contributed by atoms with Crippen LogP contribution >= 0.6 is 0 Å². The number of fused-ring (bicyclic) bond motifs is 1. The highest BCUT2D eigenvalue weighted by Gasteiger charge is 2.22. The molecule has 3 aromatic rings. The Labute approximate surface area is 147 Å². The van der Waals surface area contributed by atoms with E-state index in [0.717, 1.165) is 43.1 Å². The highest BCUT2D eigenvalue weighted by Crippen LogP contribution is 2.25. The lowest BCUT2D eigenvalue weighted by atomic mass is 10.2. The molecular weight excluding hydrogens is 312 g/mol. The van der Waals surface area contributed by atoms with Gasteiger partial charge in [-0.05, 0) is 24.8 Å². The minimum Gasteiger partial charge on any atom is -0.367 e. The molecule has 1 aromatic carbocycles. The fraction of sp³-hybridized carbons (Fsp3) is 0.368. The molecule has 0 amide bonds. The first kappa shape index (κ1) is 15.9. The van der Waals surface area contributed by atoms with Gasteiger partial charge in [-0.25, -0.2) is 4.98 Å². The molecule has 1 aliphatic carbocycles. The minimum atomic E-state index is 0.299. The van der Waals surface area contributed by atoms with E-state index >= 15 is 0 Å². The average molecular weight is 336 g/mol. The van der Waals surface area contributed by atoms with E-state index < -0.39 is 0 Å². The van der Waals surface area contributed by atoms with Crippen molar-refractivity contribution < 1.29 is 0 Å². The first-order valence-corrected chi connectivity index (χ1v) is 8.81. The summed E-state index contributed by atoms with van der Waals surface area (Å²) < 4.78 is 1.86. The molecule has 0 bridgehead atoms. The normalized spacial score (nSPS) is 20.1. The summed E-state index contributed by atoms with van der Waals surface area (Å²) in [7, 11) is 2.07. The van der Waals surface area contributed by atoms with Crippen LogP contribution in [0.1, 0.15) is 24.8 Å². The van der Waals surface area contributed by atoms with E-state index in [1.54, 1.807) is 6.20 Å². The number of nitrogens with one attached hydrogen (secondary N) is 1. The van der Waals surface area contributed by atoms with E-state index in [-0.39, 0.29) is 0 Å². The Morgan fingerprint density at radius 1 is 1.24 bits per heavy atom. The van der Waals surface area contributed by atoms with Gasteiger partial charge < -0.3 is 16.0 Å². The van der Waals surface area contributed by atoms with Crippen LogP contribution in [0.5, 0.6) is 0 Å². The standard InChI is InChI=1S/C19H24N6/c1-24(13-14-5-3-2-4-6-14)18-12-19(22-16-8-7-15(20)11-16)25-17(23-18)9-10-21-25/h2-6,9-10,12,15-16,22H,7-8,11,13,20H2,1H3/t15-,16-/m0/s1. The third-order valence-corrected chi connectivity index (χ3v) is 4.82. The lowest BCUT2D eigenvalue weighted by molar-refractivity contribution is 0.684. The second-order valence-electron chi connectivity index (χ2n) is 6.86. The van der Waals surface area contributed by atoms with Gasteiger partial charge in [-0.3, -0.25) is 0 Å². The van der Waals surface area contributed by atoms with Crippen molar-refractivity contribution in [2.45, 2.75) is 37.9 Å². The molecule has 0 spiro atoms. The largest absolute Gasteiger partial charge is 0.367 e. The highest BCUT2D eigenvalue weighted by atomic mass is 15.3. The van der Waals surface area contributed by atoms with Crippen LogP contribution in [0.2, 0.25) is 0 Å². The molecule has 1 aliphatic rings. The van der Waals surface area contributed by atoms with E-state index in [2.05, 4.69) is 52.7 Å². The smallest absolute Gasteiger partial charge is 0.159 e. The second kappa shape index (κ2) is 6.72. The van der Waals surface area contributed by atoms with Crippen LogP contribution in [0.25, 0.3) is 5.65 Å². The lowest BCUT2D eigenvalue weighted by Gasteiger charge is -2.21. The molecule has 2 atom stereocenters. The van der Waals surface area contributed by atoms with E-state index in [4.69, 9.17) is 10.7 Å². The molecular formula is C19H24N6. The first-order chi connectivity index (χ1) is 12.2. The zero-order chi connectivity index (χ0) is 17.2. The van der Waals surface area contributed by atoms with Crippen molar-refractivity contribution in [3.05, 3.63) is 54.2 Å². The van der Waals surface area contributed by atoms with Crippen LogP contribution in [-0.2, 0) is 6.54 Å². The molecule has 3 N–H and O–H groups in total. The summed E-state index contributed by atoms with van der Waals surface area (Å²) in [5, 5.41) is 8.02. The van der Waals surface area contributed by atoms with Crippen LogP contribution < -0.4 is 16.0 Å². The molecule has 0 saturated heterocycles. The molecule has 130 valence electrons. The van der Waals surface area contributed by atoms with Crippen LogP contribution in [0, 0.1) is 0 Å². The van der Waals surface area contributed by atoms with Crippen LogP contribution in [0.15, 0.2) is 48.7 Å². The van der Waals surface area contributed by atoms with Gasteiger partial charge in [0.05, 0.1) is 6.20 Å². The summed E-state index contributed by atoms with van der Waals surface area (Å²) in [5.41, 5.74) is 8.16. The molecule has 0 aliphatic heterocycles. The summed E-state index contributed by atoms with van der Waals surface area (Å²) in [5.74, 6) is 1.91. The Morgan fingerprint density at radius 2 is 2.08 bits per heavy atom. The van der Waals surface area contributed by atoms with Gasteiger partial charge in [-0.15, -0.1) is 0 Å². The molecule has 0 radical (unpaired) electrons. The maximum absolute atomic E-state index is 6.05. The maximum Gasteiger partial charge on any atom is 0.159 e. The predicted octanol–water partition coefficient (Wildman–Crippen LogP) is 2.66. The van der Waals surface area contributed by atoms with Gasteiger partial charge in [0.1, 0.15) is 11.6 Å². The molecule has 0 unspecified atom stereocenters. The molecule has 6 nitrogen and oxygen atoms in total. The monoisotopic (exact) mass is 336 g/mol. The zero-order valence-corrected chi connectivity index (χ0v) is 14.5. The summed E-state index contributed by atoms with van der Waals surface area (Å²) >= 11 is 0. The first-order valence-electron chi connectivity index (χ1n) is 8.81. The lowest BCUT2D eigenvalue weighted by Crippen LogP contribution is -2.23. The summed E-state index contributed by atoms with van der Waals surface area (Å²) in [6.45, 7) is 0.811. The van der Waals surface area contributed by atoms with Gasteiger partial charge in [0.2, 0.25) is 0 Å². The third-order valence-electron chi connectivity index (χ3n) is 4.82. The zero-order valence-electron chi connectivity index (χ0n) is 14.5. The van der Waals surface area contributed by atoms with Crippen molar-refractivity contribution >= 4 is 17.3 Å². The Kier molecular flexibility index (Phi) is 4.28. The van der Waals surface area contributed by atoms with Crippen molar-refractivity contribution in [3.8, 4) is 0 Å². The molecule has 1 saturated carbocycles. The molecule has 1 fully saturated rings. The Morgan fingerprint density at radius 3 is 2.84 bits per heavy atom. The number of benzene rings is 1. The second-order valence-corrected chi connectivity index (χ2v) is 6.86. The quantitative estimate of drug-likeness (QED) is 0.749. The topological polar surface area (TPSA) is 71.5 Å². The molecule has 2 aromatic heterocycles. The summed E-state index contributed by atoms with van der Waals surface area (Å²) in [6.07, 6.45) is 4.96. The van der Waals surface area contributed by atoms with Gasteiger partial charge >= 0.3 is 0 Å². The van der Waals surface area contributed by atoms with Crippen molar-refractivity contribution in [1.82, 2.24) is 14.6 Å². The summed E-state index contributed by atoms with van der Waals surface area (Å²) in [4.78, 5) is 6.90. The van der Waals surface area contributed by atoms with Crippen molar-refractivity contribution in [2.24, 2.45) is 5.73 Å². The van der Waals surface area contributed by atoms with Crippen LogP contribution in [0.4, 0.5) is 11.6 Å². The number of nitrogens with zero attached hydrogens (tertiary/aromatic N) is 4. The van der Waals surface area contributed by atoms with Crippen molar-refractivity contribution in [3.63, 3.8) is 0 Å². The van der Waals surface area contributed by atoms with Crippen molar-refractivity contribution in [2.75, 3.05) is 17.3 Å². The SMILES string of the molecule is CN(Cc1ccccc1)c1cc(N[C@H]2CC[C@H](N)C2)n2nccc2n1. The molecule has 25 heavy (non-hydrogen) atoms. The van der Waals surface area contributed by atoms with Crippen molar-refractivity contribution in [1.29, 1.82) is 0 Å². The van der Waals surface area contributed by atoms with E-state index in [0.29, 0.717) is 12.1 Å². The third kappa shape index (κ3) is 3.44. The Balaban J connectivity index is 1.60. The summed E-state index contributed by atoms with van der Waals surface area (Å²) in [6, 6.07) is 15.1. The van der Waals surface area contributed by atoms with Gasteiger partial charge in [0, 0.05) is 37.8 Å². The highest BCUT2D eigenvalue weighted by molar-refractivity contribution is 5.58. The minimum absolute atomic E-state index is 0.299. The van der Waals surface area contributed by atoms with Crippen LogP contribution in [0.3, 0.4) is 0 Å². The number of aromatic nitrogens is 3. The molecule has 2 heterocycles. The van der Waals surface area contributed by atoms with Gasteiger partial charge in [0.25, 0.3) is 0 Å². The number of hydrogen-bond acceptors (Lipinski definition) is 5. The van der Waals surface area contributed by atoms with E-state index in [1.165, 1.54) is 5.56 Å². The number of rotatable bonds is 5. The molecule has 6 heteroatoms. The van der Waals surface area contributed by atoms with Gasteiger partial charge in [-0.1, -0.05) is 30.3 Å². The predicted molar refractivity (Wildman–Crippen MR) is 101 cm³/mol. The van der Waals surface area contributed by atoms with Gasteiger partial charge in [0.15, 0.2) is 5.65 Å². The fourth-order valence-electron chi connectivity index (χ4n) is 3.49.